The summed E-state index contributed by atoms with van der Waals surface area (Å²) in [4.78, 5) is 12.6. The number of rotatable bonds is 31. The second kappa shape index (κ2) is 27.0. The summed E-state index contributed by atoms with van der Waals surface area (Å²) in [6, 6.07) is 0. The minimum Gasteiger partial charge on any atom is -0.503 e. The van der Waals surface area contributed by atoms with Crippen molar-refractivity contribution in [2.75, 3.05) is 26.4 Å². The number of aromatic carboxylic acids is 1. The molecule has 0 saturated heterocycles. The molecule has 1 aromatic rings. The fourth-order valence-corrected chi connectivity index (χ4v) is 5.25. The average molecular weight is 623 g/mol. The molecule has 2 N–H and O–H groups in total. The molecule has 44 heavy (non-hydrogen) atoms. The van der Waals surface area contributed by atoms with Crippen molar-refractivity contribution in [3.05, 3.63) is 5.56 Å². The van der Waals surface area contributed by atoms with Crippen LogP contribution in [0.3, 0.4) is 0 Å². The smallest absolute Gasteiger partial charge is 0.343 e. The molecule has 0 fully saturated rings. The minimum absolute atomic E-state index is 0.0447. The Balaban J connectivity index is 3.29. The van der Waals surface area contributed by atoms with Crippen molar-refractivity contribution >= 4 is 5.97 Å². The van der Waals surface area contributed by atoms with Gasteiger partial charge in [0.15, 0.2) is 17.1 Å². The minimum atomic E-state index is -1.27. The Morgan fingerprint density at radius 2 is 0.705 bits per heavy atom. The van der Waals surface area contributed by atoms with Gasteiger partial charge in [-0.05, 0) is 25.7 Å². The number of benzene rings is 1. The molecule has 0 aliphatic rings. The zero-order valence-electron chi connectivity index (χ0n) is 28.8. The summed E-state index contributed by atoms with van der Waals surface area (Å²) >= 11 is 0. The number of carboxylic acid groups (broad SMARTS) is 1. The van der Waals surface area contributed by atoms with Gasteiger partial charge in [0.05, 0.1) is 26.4 Å². The number of carboxylic acids is 1. The van der Waals surface area contributed by atoms with Gasteiger partial charge in [0.2, 0.25) is 17.2 Å². The number of ether oxygens (including phenoxy) is 4. The van der Waals surface area contributed by atoms with Gasteiger partial charge in [-0.1, -0.05) is 143 Å². The average Bonchev–Trinajstić information content (AvgIpc) is 3.01. The van der Waals surface area contributed by atoms with Gasteiger partial charge in [-0.3, -0.25) is 0 Å². The Bertz CT molecular complexity index is 855. The molecule has 0 aliphatic carbocycles. The Morgan fingerprint density at radius 3 is 1.05 bits per heavy atom. The molecule has 0 radical (unpaired) electrons. The highest BCUT2D eigenvalue weighted by atomic mass is 16.6. The first-order valence-corrected chi connectivity index (χ1v) is 18.2. The van der Waals surface area contributed by atoms with Crippen LogP contribution in [0, 0.1) is 0 Å². The first kappa shape index (κ1) is 39.7. The van der Waals surface area contributed by atoms with Gasteiger partial charge in [-0.2, -0.15) is 0 Å². The molecule has 0 aromatic heterocycles. The molecule has 1 aromatic carbocycles. The Labute approximate surface area is 269 Å². The van der Waals surface area contributed by atoms with E-state index in [0.717, 1.165) is 103 Å². The van der Waals surface area contributed by atoms with Gasteiger partial charge in [-0.15, -0.1) is 0 Å². The Morgan fingerprint density at radius 1 is 0.432 bits per heavy atom. The maximum absolute atomic E-state index is 12.6. The molecule has 0 atom stereocenters. The molecule has 0 bridgehead atoms. The van der Waals surface area contributed by atoms with Crippen molar-refractivity contribution in [1.29, 1.82) is 0 Å². The monoisotopic (exact) mass is 622 g/mol. The van der Waals surface area contributed by atoms with Crippen LogP contribution < -0.4 is 18.9 Å². The van der Waals surface area contributed by atoms with Crippen LogP contribution in [0.1, 0.15) is 179 Å². The quantitative estimate of drug-likeness (QED) is 0.0795. The van der Waals surface area contributed by atoms with Crippen molar-refractivity contribution in [3.63, 3.8) is 0 Å². The van der Waals surface area contributed by atoms with E-state index in [9.17, 15) is 15.0 Å². The molecular weight excluding hydrogens is 556 g/mol. The van der Waals surface area contributed by atoms with Gasteiger partial charge < -0.3 is 29.2 Å². The van der Waals surface area contributed by atoms with Crippen molar-refractivity contribution in [1.82, 2.24) is 0 Å². The largest absolute Gasteiger partial charge is 0.503 e. The zero-order valence-corrected chi connectivity index (χ0v) is 28.8. The van der Waals surface area contributed by atoms with E-state index in [4.69, 9.17) is 18.9 Å². The van der Waals surface area contributed by atoms with Crippen LogP contribution in [0.2, 0.25) is 0 Å². The molecule has 0 heterocycles. The number of aromatic hydroxyl groups is 1. The second-order valence-electron chi connectivity index (χ2n) is 12.1. The van der Waals surface area contributed by atoms with Crippen LogP contribution in [0.25, 0.3) is 0 Å². The molecular formula is C37H66O7. The summed E-state index contributed by atoms with van der Waals surface area (Å²) in [5.74, 6) is -1.12. The lowest BCUT2D eigenvalue weighted by Gasteiger charge is -2.23. The number of hydrogen-bond donors (Lipinski definition) is 2. The van der Waals surface area contributed by atoms with E-state index >= 15 is 0 Å². The lowest BCUT2D eigenvalue weighted by atomic mass is 10.1. The van der Waals surface area contributed by atoms with Crippen molar-refractivity contribution in [2.45, 2.75) is 169 Å². The highest BCUT2D eigenvalue weighted by molar-refractivity contribution is 5.97. The molecule has 0 saturated carbocycles. The highest BCUT2D eigenvalue weighted by Gasteiger charge is 2.32. The topological polar surface area (TPSA) is 94.5 Å². The number of unbranched alkanes of at least 4 members (excludes halogenated alkanes) is 18. The van der Waals surface area contributed by atoms with E-state index in [1.54, 1.807) is 0 Å². The van der Waals surface area contributed by atoms with E-state index in [-0.39, 0.29) is 28.6 Å². The maximum Gasteiger partial charge on any atom is 0.343 e. The second-order valence-corrected chi connectivity index (χ2v) is 12.1. The SMILES string of the molecule is CCCCCCCCCOc1c(O)c(C(=O)O)c(OCCCCCCC)c(OCCCCCCC)c1OCCCCCCC. The first-order chi connectivity index (χ1) is 21.5. The zero-order chi connectivity index (χ0) is 32.3. The van der Waals surface area contributed by atoms with Gasteiger partial charge >= 0.3 is 5.97 Å². The van der Waals surface area contributed by atoms with Gasteiger partial charge in [0.1, 0.15) is 0 Å². The Hall–Kier alpha value is -2.31. The first-order valence-electron chi connectivity index (χ1n) is 18.2. The third kappa shape index (κ3) is 16.7. The number of carbonyl (C=O) groups is 1. The summed E-state index contributed by atoms with van der Waals surface area (Å²) in [7, 11) is 0. The summed E-state index contributed by atoms with van der Waals surface area (Å²) in [6.07, 6.45) is 23.8. The van der Waals surface area contributed by atoms with Crippen molar-refractivity contribution in [3.8, 4) is 28.7 Å². The van der Waals surface area contributed by atoms with Gasteiger partial charge in [-0.25, -0.2) is 4.79 Å². The van der Waals surface area contributed by atoms with Crippen LogP contribution in [0.4, 0.5) is 0 Å². The lowest BCUT2D eigenvalue weighted by molar-refractivity contribution is 0.0685. The predicted octanol–water partition coefficient (Wildman–Crippen LogP) is 11.3. The van der Waals surface area contributed by atoms with Gasteiger partial charge in [0, 0.05) is 0 Å². The Kier molecular flexibility index (Phi) is 24.4. The number of phenols is 1. The third-order valence-corrected chi connectivity index (χ3v) is 7.99. The van der Waals surface area contributed by atoms with E-state index in [1.807, 2.05) is 0 Å². The maximum atomic E-state index is 12.6. The van der Waals surface area contributed by atoms with E-state index < -0.39 is 11.7 Å². The van der Waals surface area contributed by atoms with Crippen LogP contribution >= 0.6 is 0 Å². The van der Waals surface area contributed by atoms with E-state index in [0.29, 0.717) is 26.4 Å². The van der Waals surface area contributed by atoms with Crippen molar-refractivity contribution < 1.29 is 34.0 Å². The highest BCUT2D eigenvalue weighted by Crippen LogP contribution is 2.53. The molecule has 0 spiro atoms. The molecule has 0 amide bonds. The normalized spacial score (nSPS) is 11.1. The van der Waals surface area contributed by atoms with Crippen LogP contribution in [-0.2, 0) is 0 Å². The molecule has 0 unspecified atom stereocenters. The fraction of sp³-hybridized carbons (Fsp3) is 0.811. The number of hydrogen-bond acceptors (Lipinski definition) is 6. The standard InChI is InChI=1S/C37H66O7/c1-5-9-13-17-18-22-26-28-42-34-32(38)31(37(39)40)33(41-27-23-19-14-10-6-2)35(43-29-24-20-15-11-7-3)36(34)44-30-25-21-16-12-8-4/h38H,5-30H2,1-4H3,(H,39,40). The predicted molar refractivity (Wildman–Crippen MR) is 181 cm³/mol. The summed E-state index contributed by atoms with van der Waals surface area (Å²) in [5, 5.41) is 21.6. The summed E-state index contributed by atoms with van der Waals surface area (Å²) < 4.78 is 24.9. The molecule has 7 nitrogen and oxygen atoms in total. The molecule has 0 aliphatic heterocycles. The van der Waals surface area contributed by atoms with Gasteiger partial charge in [0.25, 0.3) is 0 Å². The summed E-state index contributed by atoms with van der Waals surface area (Å²) in [6.45, 7) is 10.3. The molecule has 1 rings (SSSR count). The van der Waals surface area contributed by atoms with Crippen molar-refractivity contribution in [2.24, 2.45) is 0 Å². The van der Waals surface area contributed by atoms with Crippen LogP contribution in [0.15, 0.2) is 0 Å². The van der Waals surface area contributed by atoms with Crippen LogP contribution in [-0.4, -0.2) is 42.6 Å². The third-order valence-electron chi connectivity index (χ3n) is 7.99. The summed E-state index contributed by atoms with van der Waals surface area (Å²) in [5.41, 5.74) is -0.315. The van der Waals surface area contributed by atoms with Crippen LogP contribution in [0.5, 0.6) is 28.7 Å². The van der Waals surface area contributed by atoms with E-state index in [1.165, 1.54) is 38.5 Å². The lowest BCUT2D eigenvalue weighted by Crippen LogP contribution is -2.13. The molecule has 256 valence electrons. The van der Waals surface area contributed by atoms with E-state index in [2.05, 4.69) is 27.7 Å². The molecule has 7 heteroatoms. The fourth-order valence-electron chi connectivity index (χ4n) is 5.25.